The van der Waals surface area contributed by atoms with E-state index in [1.54, 1.807) is 11.3 Å². The standard InChI is InChI=1S/C12H11NS/c1-2-4-12-10(3-1)5-7-13(12)11-6-8-14-9-11/h1-4,6,8-9H,5,7H2. The Morgan fingerprint density at radius 2 is 2.07 bits per heavy atom. The summed E-state index contributed by atoms with van der Waals surface area (Å²) in [6, 6.07) is 10.9. The maximum atomic E-state index is 2.39. The van der Waals surface area contributed by atoms with E-state index in [9.17, 15) is 0 Å². The predicted molar refractivity (Wildman–Crippen MR) is 61.5 cm³/mol. The van der Waals surface area contributed by atoms with Crippen molar-refractivity contribution in [3.63, 3.8) is 0 Å². The van der Waals surface area contributed by atoms with Gasteiger partial charge in [0.05, 0.1) is 5.69 Å². The van der Waals surface area contributed by atoms with Crippen LogP contribution in [0.5, 0.6) is 0 Å². The molecule has 0 spiro atoms. The lowest BCUT2D eigenvalue weighted by atomic mass is 10.2. The van der Waals surface area contributed by atoms with E-state index in [1.165, 1.54) is 23.4 Å². The molecule has 1 aromatic carbocycles. The molecule has 1 aliphatic heterocycles. The van der Waals surface area contributed by atoms with Crippen LogP contribution in [-0.2, 0) is 6.42 Å². The Morgan fingerprint density at radius 1 is 1.14 bits per heavy atom. The van der Waals surface area contributed by atoms with Crippen LogP contribution < -0.4 is 4.90 Å². The average Bonchev–Trinajstić information content (AvgIpc) is 2.85. The molecule has 0 amide bonds. The van der Waals surface area contributed by atoms with Crippen LogP contribution in [0, 0.1) is 0 Å². The van der Waals surface area contributed by atoms with Gasteiger partial charge in [-0.05, 0) is 29.5 Å². The molecule has 70 valence electrons. The molecule has 0 saturated heterocycles. The molecule has 3 rings (SSSR count). The minimum atomic E-state index is 1.12. The Bertz CT molecular complexity index is 433. The highest BCUT2D eigenvalue weighted by molar-refractivity contribution is 7.08. The summed E-state index contributed by atoms with van der Waals surface area (Å²) in [5, 5.41) is 4.35. The molecule has 0 saturated carbocycles. The Balaban J connectivity index is 2.06. The molecule has 0 unspecified atom stereocenters. The summed E-state index contributed by atoms with van der Waals surface area (Å²) in [5.74, 6) is 0. The van der Waals surface area contributed by atoms with Crippen LogP contribution in [0.15, 0.2) is 41.1 Å². The normalized spacial score (nSPS) is 14.4. The zero-order valence-corrected chi connectivity index (χ0v) is 8.63. The summed E-state index contributed by atoms with van der Waals surface area (Å²) < 4.78 is 0. The highest BCUT2D eigenvalue weighted by Gasteiger charge is 2.19. The zero-order chi connectivity index (χ0) is 9.38. The quantitative estimate of drug-likeness (QED) is 0.683. The first-order valence-corrected chi connectivity index (χ1v) is 5.77. The number of para-hydroxylation sites is 1. The van der Waals surface area contributed by atoms with Crippen molar-refractivity contribution in [2.45, 2.75) is 6.42 Å². The van der Waals surface area contributed by atoms with Crippen molar-refractivity contribution in [3.05, 3.63) is 46.7 Å². The third-order valence-corrected chi connectivity index (χ3v) is 3.38. The fourth-order valence-corrected chi connectivity index (χ4v) is 2.66. The molecule has 0 atom stereocenters. The zero-order valence-electron chi connectivity index (χ0n) is 7.81. The van der Waals surface area contributed by atoms with Crippen LogP contribution in [0.3, 0.4) is 0 Å². The Labute approximate surface area is 87.6 Å². The fraction of sp³-hybridized carbons (Fsp3) is 0.167. The highest BCUT2D eigenvalue weighted by Crippen LogP contribution is 2.34. The molecule has 0 fully saturated rings. The van der Waals surface area contributed by atoms with E-state index >= 15 is 0 Å². The largest absolute Gasteiger partial charge is 0.340 e. The number of nitrogens with zero attached hydrogens (tertiary/aromatic N) is 1. The van der Waals surface area contributed by atoms with Gasteiger partial charge in [-0.15, -0.1) is 0 Å². The summed E-state index contributed by atoms with van der Waals surface area (Å²) in [6.07, 6.45) is 1.17. The number of hydrogen-bond acceptors (Lipinski definition) is 2. The van der Waals surface area contributed by atoms with Crippen molar-refractivity contribution in [3.8, 4) is 0 Å². The molecule has 1 aromatic heterocycles. The number of benzene rings is 1. The SMILES string of the molecule is c1ccc2c(c1)CCN2c1ccsc1. The lowest BCUT2D eigenvalue weighted by molar-refractivity contribution is 1.00. The molecule has 0 bridgehead atoms. The van der Waals surface area contributed by atoms with Crippen LogP contribution >= 0.6 is 11.3 Å². The van der Waals surface area contributed by atoms with Crippen LogP contribution in [0.4, 0.5) is 11.4 Å². The van der Waals surface area contributed by atoms with Gasteiger partial charge < -0.3 is 4.90 Å². The Morgan fingerprint density at radius 3 is 2.93 bits per heavy atom. The molecule has 2 aromatic rings. The van der Waals surface area contributed by atoms with Gasteiger partial charge in [-0.25, -0.2) is 0 Å². The van der Waals surface area contributed by atoms with E-state index in [4.69, 9.17) is 0 Å². The second-order valence-corrected chi connectivity index (χ2v) is 4.29. The van der Waals surface area contributed by atoms with Crippen molar-refractivity contribution in [2.75, 3.05) is 11.4 Å². The Hall–Kier alpha value is -1.28. The van der Waals surface area contributed by atoms with Crippen LogP contribution in [-0.4, -0.2) is 6.54 Å². The van der Waals surface area contributed by atoms with Gasteiger partial charge in [0, 0.05) is 17.6 Å². The van der Waals surface area contributed by atoms with Crippen molar-refractivity contribution >= 4 is 22.7 Å². The summed E-state index contributed by atoms with van der Waals surface area (Å²) >= 11 is 1.76. The smallest absolute Gasteiger partial charge is 0.0519 e. The summed E-state index contributed by atoms with van der Waals surface area (Å²) in [6.45, 7) is 1.12. The Kier molecular flexibility index (Phi) is 1.81. The molecule has 1 nitrogen and oxygen atoms in total. The first-order chi connectivity index (χ1) is 6.95. The van der Waals surface area contributed by atoms with Crippen molar-refractivity contribution < 1.29 is 0 Å². The molecular formula is C12H11NS. The molecule has 1 aliphatic rings. The lowest BCUT2D eigenvalue weighted by Gasteiger charge is -2.17. The van der Waals surface area contributed by atoms with E-state index in [0.29, 0.717) is 0 Å². The molecule has 0 N–H and O–H groups in total. The van der Waals surface area contributed by atoms with Gasteiger partial charge in [-0.3, -0.25) is 0 Å². The molecule has 0 radical (unpaired) electrons. The minimum Gasteiger partial charge on any atom is -0.340 e. The third kappa shape index (κ3) is 1.15. The van der Waals surface area contributed by atoms with E-state index < -0.39 is 0 Å². The van der Waals surface area contributed by atoms with Crippen LogP contribution in [0.25, 0.3) is 0 Å². The highest BCUT2D eigenvalue weighted by atomic mass is 32.1. The maximum Gasteiger partial charge on any atom is 0.0519 e. The summed E-state index contributed by atoms with van der Waals surface area (Å²) in [4.78, 5) is 2.39. The first-order valence-electron chi connectivity index (χ1n) is 4.83. The lowest BCUT2D eigenvalue weighted by Crippen LogP contribution is -2.11. The number of anilines is 2. The monoisotopic (exact) mass is 201 g/mol. The molecule has 0 aliphatic carbocycles. The number of rotatable bonds is 1. The van der Waals surface area contributed by atoms with Gasteiger partial charge in [-0.1, -0.05) is 18.2 Å². The molecule has 14 heavy (non-hydrogen) atoms. The van der Waals surface area contributed by atoms with E-state index in [2.05, 4.69) is 46.0 Å². The van der Waals surface area contributed by atoms with Gasteiger partial charge in [0.15, 0.2) is 0 Å². The van der Waals surface area contributed by atoms with E-state index in [-0.39, 0.29) is 0 Å². The predicted octanol–water partition coefficient (Wildman–Crippen LogP) is 3.44. The maximum absolute atomic E-state index is 2.39. The van der Waals surface area contributed by atoms with Gasteiger partial charge in [-0.2, -0.15) is 11.3 Å². The van der Waals surface area contributed by atoms with Crippen LogP contribution in [0.1, 0.15) is 5.56 Å². The van der Waals surface area contributed by atoms with Crippen molar-refractivity contribution in [1.29, 1.82) is 0 Å². The molecule has 2 heteroatoms. The second-order valence-electron chi connectivity index (χ2n) is 3.51. The minimum absolute atomic E-state index is 1.12. The summed E-state index contributed by atoms with van der Waals surface area (Å²) in [5.41, 5.74) is 4.18. The number of fused-ring (bicyclic) bond motifs is 1. The number of hydrogen-bond donors (Lipinski definition) is 0. The molecular weight excluding hydrogens is 190 g/mol. The van der Waals surface area contributed by atoms with Gasteiger partial charge >= 0.3 is 0 Å². The number of thiophene rings is 1. The van der Waals surface area contributed by atoms with E-state index in [1.807, 2.05) is 0 Å². The summed E-state index contributed by atoms with van der Waals surface area (Å²) in [7, 11) is 0. The fourth-order valence-electron chi connectivity index (χ4n) is 2.02. The van der Waals surface area contributed by atoms with Crippen molar-refractivity contribution in [1.82, 2.24) is 0 Å². The van der Waals surface area contributed by atoms with Crippen molar-refractivity contribution in [2.24, 2.45) is 0 Å². The third-order valence-electron chi connectivity index (χ3n) is 2.70. The first kappa shape index (κ1) is 8.06. The van der Waals surface area contributed by atoms with Gasteiger partial charge in [0.25, 0.3) is 0 Å². The van der Waals surface area contributed by atoms with Gasteiger partial charge in [0.1, 0.15) is 0 Å². The van der Waals surface area contributed by atoms with Crippen LogP contribution in [0.2, 0.25) is 0 Å². The average molecular weight is 201 g/mol. The topological polar surface area (TPSA) is 3.24 Å². The van der Waals surface area contributed by atoms with Gasteiger partial charge in [0.2, 0.25) is 0 Å². The second kappa shape index (κ2) is 3.14. The molecule has 2 heterocycles. The van der Waals surface area contributed by atoms with E-state index in [0.717, 1.165) is 6.54 Å².